The topological polar surface area (TPSA) is 88.7 Å². The molecule has 0 saturated carbocycles. The summed E-state index contributed by atoms with van der Waals surface area (Å²) in [5.74, 6) is -0.884. The molecule has 0 spiro atoms. The van der Waals surface area contributed by atoms with Crippen molar-refractivity contribution in [2.45, 2.75) is 13.0 Å². The van der Waals surface area contributed by atoms with Crippen LogP contribution in [-0.4, -0.2) is 71.0 Å². The molecule has 1 aliphatic rings. The fraction of sp³-hybridized carbons (Fsp3) is 0.444. The number of fused-ring (bicyclic) bond motifs is 1. The average Bonchev–Trinajstić information content (AvgIpc) is 2.99. The number of hydrogen-bond acceptors (Lipinski definition) is 4. The zero-order valence-electron chi connectivity index (χ0n) is 14.7. The van der Waals surface area contributed by atoms with Gasteiger partial charge in [-0.15, -0.1) is 0 Å². The van der Waals surface area contributed by atoms with E-state index in [4.69, 9.17) is 11.6 Å². The molecule has 1 fully saturated rings. The zero-order chi connectivity index (χ0) is 18.7. The molecule has 2 aromatic rings. The molecule has 1 aromatic carbocycles. The highest BCUT2D eigenvalue weighted by Crippen LogP contribution is 2.31. The van der Waals surface area contributed by atoms with Gasteiger partial charge in [-0.05, 0) is 25.1 Å². The summed E-state index contributed by atoms with van der Waals surface area (Å²) in [4.78, 5) is 30.8. The van der Waals surface area contributed by atoms with Gasteiger partial charge in [0.2, 0.25) is 5.91 Å². The monoisotopic (exact) mass is 378 g/mol. The van der Waals surface area contributed by atoms with E-state index in [1.165, 1.54) is 0 Å². The number of rotatable bonds is 6. The number of aromatic nitrogens is 1. The second-order valence-corrected chi connectivity index (χ2v) is 6.88. The zero-order valence-corrected chi connectivity index (χ0v) is 15.4. The van der Waals surface area contributed by atoms with Gasteiger partial charge in [-0.2, -0.15) is 0 Å². The number of hydrogen-bond donors (Lipinski definition) is 3. The number of nitrogens with zero attached hydrogens (tertiary/aromatic N) is 2. The fourth-order valence-electron chi connectivity index (χ4n) is 3.46. The van der Waals surface area contributed by atoms with Gasteiger partial charge >= 0.3 is 5.97 Å². The number of halogens is 1. The molecular weight excluding hydrogens is 356 g/mol. The summed E-state index contributed by atoms with van der Waals surface area (Å²) in [7, 11) is 0. The highest BCUT2D eigenvalue weighted by Gasteiger charge is 2.32. The Balaban J connectivity index is 1.74. The van der Waals surface area contributed by atoms with Gasteiger partial charge in [0.1, 0.15) is 6.04 Å². The van der Waals surface area contributed by atoms with Gasteiger partial charge < -0.3 is 15.4 Å². The second-order valence-electron chi connectivity index (χ2n) is 6.44. The van der Waals surface area contributed by atoms with Crippen LogP contribution < -0.4 is 5.32 Å². The molecule has 0 radical (unpaired) electrons. The van der Waals surface area contributed by atoms with Gasteiger partial charge in [-0.3, -0.25) is 19.4 Å². The van der Waals surface area contributed by atoms with E-state index in [0.29, 0.717) is 49.9 Å². The van der Waals surface area contributed by atoms with E-state index in [1.54, 1.807) is 18.3 Å². The second kappa shape index (κ2) is 8.07. The van der Waals surface area contributed by atoms with Crippen molar-refractivity contribution in [1.29, 1.82) is 0 Å². The molecule has 1 amide bonds. The summed E-state index contributed by atoms with van der Waals surface area (Å²) in [5, 5.41) is 14.0. The van der Waals surface area contributed by atoms with Crippen LogP contribution in [0.2, 0.25) is 5.02 Å². The summed E-state index contributed by atoms with van der Waals surface area (Å²) in [6, 6.07) is 4.68. The lowest BCUT2D eigenvalue weighted by Gasteiger charge is -2.37. The third-order valence-corrected chi connectivity index (χ3v) is 4.95. The number of carbonyl (C=O) groups excluding carboxylic acids is 1. The van der Waals surface area contributed by atoms with Gasteiger partial charge in [0, 0.05) is 60.4 Å². The quantitative estimate of drug-likeness (QED) is 0.712. The highest BCUT2D eigenvalue weighted by atomic mass is 35.5. The fourth-order valence-corrected chi connectivity index (χ4v) is 3.63. The first kappa shape index (κ1) is 18.7. The molecule has 140 valence electrons. The minimum atomic E-state index is -0.886. The van der Waals surface area contributed by atoms with E-state index in [0.717, 1.165) is 10.9 Å². The standard InChI is InChI=1S/C18H23ClN4O3/c1-2-20-16(24)11-22-5-7-23(8-6-22)17(18(25)26)14-10-21-15-4-3-12(19)9-13(14)15/h3-4,9-10,17,21H,2,5-8,11H2,1H3,(H,20,24)(H,25,26)/t17-/m1/s1. The van der Waals surface area contributed by atoms with Crippen LogP contribution in [0.5, 0.6) is 0 Å². The van der Waals surface area contributed by atoms with Gasteiger partial charge in [-0.1, -0.05) is 11.6 Å². The molecule has 0 aliphatic carbocycles. The number of amides is 1. The predicted molar refractivity (Wildman–Crippen MR) is 100 cm³/mol. The first-order chi connectivity index (χ1) is 12.5. The van der Waals surface area contributed by atoms with Crippen LogP contribution >= 0.6 is 11.6 Å². The van der Waals surface area contributed by atoms with Crippen molar-refractivity contribution in [2.75, 3.05) is 39.3 Å². The Labute approximate surface area is 156 Å². The summed E-state index contributed by atoms with van der Waals surface area (Å²) in [5.41, 5.74) is 1.58. The first-order valence-electron chi connectivity index (χ1n) is 8.72. The smallest absolute Gasteiger partial charge is 0.325 e. The number of benzene rings is 1. The Hall–Kier alpha value is -2.09. The van der Waals surface area contributed by atoms with Gasteiger partial charge in [0.25, 0.3) is 0 Å². The molecule has 3 N–H and O–H groups in total. The minimum absolute atomic E-state index is 0.00186. The molecule has 0 unspecified atom stereocenters. The van der Waals surface area contributed by atoms with Crippen LogP contribution in [0.3, 0.4) is 0 Å². The lowest BCUT2D eigenvalue weighted by atomic mass is 10.0. The number of likely N-dealkylation sites (N-methyl/N-ethyl adjacent to an activating group) is 1. The van der Waals surface area contributed by atoms with E-state index < -0.39 is 12.0 Å². The Bertz CT molecular complexity index is 799. The SMILES string of the molecule is CCNC(=O)CN1CCN([C@@H](C(=O)O)c2c[nH]c3ccc(Cl)cc23)CC1. The lowest BCUT2D eigenvalue weighted by molar-refractivity contribution is -0.144. The molecular formula is C18H23ClN4O3. The van der Waals surface area contributed by atoms with Crippen LogP contribution in [0.25, 0.3) is 10.9 Å². The molecule has 3 rings (SSSR count). The minimum Gasteiger partial charge on any atom is -0.480 e. The summed E-state index contributed by atoms with van der Waals surface area (Å²) < 4.78 is 0. The van der Waals surface area contributed by atoms with Crippen molar-refractivity contribution in [2.24, 2.45) is 0 Å². The number of nitrogens with one attached hydrogen (secondary N) is 2. The van der Waals surface area contributed by atoms with Gasteiger partial charge in [-0.25, -0.2) is 0 Å². The third-order valence-electron chi connectivity index (χ3n) is 4.72. The Morgan fingerprint density at radius 3 is 2.69 bits per heavy atom. The van der Waals surface area contributed by atoms with Crippen LogP contribution in [0.15, 0.2) is 24.4 Å². The molecule has 1 aromatic heterocycles. The highest BCUT2D eigenvalue weighted by molar-refractivity contribution is 6.31. The summed E-state index contributed by atoms with van der Waals surface area (Å²) in [6.07, 6.45) is 1.75. The van der Waals surface area contributed by atoms with Crippen molar-refractivity contribution in [3.05, 3.63) is 35.0 Å². The first-order valence-corrected chi connectivity index (χ1v) is 9.10. The summed E-state index contributed by atoms with van der Waals surface area (Å²) in [6.45, 7) is 5.34. The molecule has 8 heteroatoms. The predicted octanol–water partition coefficient (Wildman–Crippen LogP) is 1.70. The van der Waals surface area contributed by atoms with E-state index in [1.807, 2.05) is 22.8 Å². The van der Waals surface area contributed by atoms with Crippen LogP contribution in [0.1, 0.15) is 18.5 Å². The number of piperazine rings is 1. The van der Waals surface area contributed by atoms with Crippen molar-refractivity contribution in [3.63, 3.8) is 0 Å². The van der Waals surface area contributed by atoms with Crippen molar-refractivity contribution < 1.29 is 14.7 Å². The number of aromatic amines is 1. The van der Waals surface area contributed by atoms with E-state index in [2.05, 4.69) is 10.3 Å². The summed E-state index contributed by atoms with van der Waals surface area (Å²) >= 11 is 6.09. The number of H-pyrrole nitrogens is 1. The molecule has 0 bridgehead atoms. The Kier molecular flexibility index (Phi) is 5.80. The maximum Gasteiger partial charge on any atom is 0.325 e. The van der Waals surface area contributed by atoms with Crippen LogP contribution in [-0.2, 0) is 9.59 Å². The molecule has 26 heavy (non-hydrogen) atoms. The maximum atomic E-state index is 12.0. The van der Waals surface area contributed by atoms with Crippen LogP contribution in [0, 0.1) is 0 Å². The molecule has 1 saturated heterocycles. The molecule has 2 heterocycles. The molecule has 7 nitrogen and oxygen atoms in total. The van der Waals surface area contributed by atoms with E-state index in [9.17, 15) is 14.7 Å². The Morgan fingerprint density at radius 2 is 2.04 bits per heavy atom. The van der Waals surface area contributed by atoms with Crippen molar-refractivity contribution in [1.82, 2.24) is 20.1 Å². The number of carboxylic acids is 1. The van der Waals surface area contributed by atoms with E-state index in [-0.39, 0.29) is 5.91 Å². The number of carbonyl (C=O) groups is 2. The lowest BCUT2D eigenvalue weighted by Crippen LogP contribution is -2.51. The van der Waals surface area contributed by atoms with Crippen molar-refractivity contribution in [3.8, 4) is 0 Å². The Morgan fingerprint density at radius 1 is 1.31 bits per heavy atom. The normalized spacial score (nSPS) is 17.3. The van der Waals surface area contributed by atoms with Gasteiger partial charge in [0.05, 0.1) is 6.54 Å². The third kappa shape index (κ3) is 4.00. The maximum absolute atomic E-state index is 12.0. The van der Waals surface area contributed by atoms with E-state index >= 15 is 0 Å². The van der Waals surface area contributed by atoms with Gasteiger partial charge in [0.15, 0.2) is 0 Å². The number of carboxylic acid groups (broad SMARTS) is 1. The van der Waals surface area contributed by atoms with Crippen molar-refractivity contribution >= 4 is 34.4 Å². The average molecular weight is 379 g/mol. The van der Waals surface area contributed by atoms with Crippen LogP contribution in [0.4, 0.5) is 0 Å². The largest absolute Gasteiger partial charge is 0.480 e. The number of aliphatic carboxylic acids is 1. The molecule has 1 aliphatic heterocycles. The molecule has 1 atom stereocenters.